The molecule has 21 heavy (non-hydrogen) atoms. The lowest BCUT2D eigenvalue weighted by molar-refractivity contribution is 0.0952. The molecule has 0 saturated carbocycles. The molecule has 0 bridgehead atoms. The van der Waals surface area contributed by atoms with E-state index in [0.717, 1.165) is 6.54 Å². The van der Waals surface area contributed by atoms with E-state index in [4.69, 9.17) is 10.5 Å². The van der Waals surface area contributed by atoms with Crippen LogP contribution in [0.3, 0.4) is 0 Å². The van der Waals surface area contributed by atoms with Crippen LogP contribution in [0.5, 0.6) is 0 Å². The number of hydrogen-bond donors (Lipinski definition) is 3. The summed E-state index contributed by atoms with van der Waals surface area (Å²) < 4.78 is 4.94. The number of amides is 1. The van der Waals surface area contributed by atoms with Crippen LogP contribution in [0, 0.1) is 0 Å². The van der Waals surface area contributed by atoms with E-state index in [1.165, 1.54) is 11.3 Å². The number of nitrogens with two attached hydrogens (primary N) is 1. The van der Waals surface area contributed by atoms with Gasteiger partial charge in [-0.25, -0.2) is 4.98 Å². The fraction of sp³-hybridized carbons (Fsp3) is 0.692. The van der Waals surface area contributed by atoms with Gasteiger partial charge in [0, 0.05) is 32.8 Å². The molecule has 1 heterocycles. The van der Waals surface area contributed by atoms with Gasteiger partial charge in [-0.05, 0) is 20.9 Å². The van der Waals surface area contributed by atoms with Gasteiger partial charge in [0.25, 0.3) is 5.91 Å². The molecule has 0 aliphatic carbocycles. The van der Waals surface area contributed by atoms with Gasteiger partial charge in [-0.2, -0.15) is 0 Å². The van der Waals surface area contributed by atoms with E-state index < -0.39 is 0 Å². The van der Waals surface area contributed by atoms with Crippen LogP contribution in [0.2, 0.25) is 0 Å². The van der Waals surface area contributed by atoms with E-state index in [2.05, 4.69) is 34.4 Å². The molecule has 8 heteroatoms. The second-order valence-corrected chi connectivity index (χ2v) is 5.98. The molecule has 0 aromatic carbocycles. The molecular weight excluding hydrogens is 290 g/mol. The summed E-state index contributed by atoms with van der Waals surface area (Å²) in [6, 6.07) is 0.451. The molecule has 0 radical (unpaired) electrons. The Morgan fingerprint density at radius 3 is 2.81 bits per heavy atom. The molecule has 1 aromatic heterocycles. The molecule has 0 spiro atoms. The molecular formula is C13H25N5O2S. The number of nitrogens with one attached hydrogen (secondary N) is 2. The Labute approximate surface area is 129 Å². The van der Waals surface area contributed by atoms with Crippen molar-refractivity contribution in [2.24, 2.45) is 0 Å². The van der Waals surface area contributed by atoms with Crippen LogP contribution in [0.25, 0.3) is 0 Å². The molecule has 0 aliphatic rings. The van der Waals surface area contributed by atoms with Crippen molar-refractivity contribution < 1.29 is 9.53 Å². The molecule has 0 saturated heterocycles. The predicted octanol–water partition coefficient (Wildman–Crippen LogP) is 0.854. The van der Waals surface area contributed by atoms with Crippen molar-refractivity contribution in [3.63, 3.8) is 0 Å². The van der Waals surface area contributed by atoms with Crippen molar-refractivity contribution in [1.29, 1.82) is 0 Å². The minimum Gasteiger partial charge on any atom is -0.383 e. The van der Waals surface area contributed by atoms with Gasteiger partial charge in [-0.15, -0.1) is 0 Å². The number of carbonyl (C=O) groups is 1. The van der Waals surface area contributed by atoms with Crippen LogP contribution in [0.4, 0.5) is 10.9 Å². The first-order chi connectivity index (χ1) is 9.95. The smallest absolute Gasteiger partial charge is 0.265 e. The van der Waals surface area contributed by atoms with E-state index in [-0.39, 0.29) is 11.7 Å². The Hall–Kier alpha value is -1.38. The lowest BCUT2D eigenvalue weighted by Gasteiger charge is -2.20. The van der Waals surface area contributed by atoms with Crippen LogP contribution in [-0.4, -0.2) is 62.2 Å². The molecule has 120 valence electrons. The number of thiazole rings is 1. The van der Waals surface area contributed by atoms with Gasteiger partial charge in [0.1, 0.15) is 10.7 Å². The summed E-state index contributed by atoms with van der Waals surface area (Å²) >= 11 is 1.25. The van der Waals surface area contributed by atoms with Crippen molar-refractivity contribution in [2.75, 3.05) is 51.4 Å². The number of nitrogens with zero attached hydrogens (tertiary/aromatic N) is 2. The van der Waals surface area contributed by atoms with Crippen molar-refractivity contribution >= 4 is 28.2 Å². The Morgan fingerprint density at radius 2 is 2.19 bits per heavy atom. The van der Waals surface area contributed by atoms with Crippen LogP contribution >= 0.6 is 11.3 Å². The third-order valence-electron chi connectivity index (χ3n) is 3.07. The zero-order valence-electron chi connectivity index (χ0n) is 13.1. The number of rotatable bonds is 9. The summed E-state index contributed by atoms with van der Waals surface area (Å²) in [5.74, 6) is 0.0802. The van der Waals surface area contributed by atoms with Crippen LogP contribution in [0.1, 0.15) is 23.5 Å². The Kier molecular flexibility index (Phi) is 7.41. The van der Waals surface area contributed by atoms with Crippen molar-refractivity contribution in [3.8, 4) is 0 Å². The number of anilines is 2. The van der Waals surface area contributed by atoms with Gasteiger partial charge in [0.05, 0.1) is 6.61 Å². The summed E-state index contributed by atoms with van der Waals surface area (Å²) in [6.07, 6.45) is 0. The van der Waals surface area contributed by atoms with Gasteiger partial charge >= 0.3 is 0 Å². The summed E-state index contributed by atoms with van der Waals surface area (Å²) in [6.45, 7) is 6.80. The quantitative estimate of drug-likeness (QED) is 0.585. The topological polar surface area (TPSA) is 92.5 Å². The van der Waals surface area contributed by atoms with Crippen LogP contribution in [-0.2, 0) is 4.74 Å². The Morgan fingerprint density at radius 1 is 1.48 bits per heavy atom. The van der Waals surface area contributed by atoms with Gasteiger partial charge in [-0.3, -0.25) is 4.79 Å². The third kappa shape index (κ3) is 5.86. The number of nitrogen functional groups attached to an aromatic ring is 1. The average Bonchev–Trinajstić information content (AvgIpc) is 2.80. The monoisotopic (exact) mass is 315 g/mol. The Balaban J connectivity index is 2.46. The molecule has 1 amide bonds. The van der Waals surface area contributed by atoms with E-state index in [9.17, 15) is 4.79 Å². The fourth-order valence-electron chi connectivity index (χ4n) is 1.51. The molecule has 0 atom stereocenters. The van der Waals surface area contributed by atoms with Crippen molar-refractivity contribution in [2.45, 2.75) is 19.9 Å². The summed E-state index contributed by atoms with van der Waals surface area (Å²) in [4.78, 5) is 18.8. The standard InChI is InChI=1S/C13H25N5O2S/c1-9(2)18(3)7-5-15-12(19)10-11(14)17-13(21-10)16-6-8-20-4/h9H,5-8,14H2,1-4H3,(H,15,19)(H,16,17). The number of likely N-dealkylation sites (N-methyl/N-ethyl adjacent to an activating group) is 1. The lowest BCUT2D eigenvalue weighted by Crippen LogP contribution is -2.36. The maximum atomic E-state index is 12.1. The largest absolute Gasteiger partial charge is 0.383 e. The first-order valence-corrected chi connectivity index (χ1v) is 7.75. The molecule has 0 fully saturated rings. The van der Waals surface area contributed by atoms with Crippen LogP contribution < -0.4 is 16.4 Å². The molecule has 1 rings (SSSR count). The number of aromatic nitrogens is 1. The van der Waals surface area contributed by atoms with Crippen molar-refractivity contribution in [3.05, 3.63) is 4.88 Å². The molecule has 1 aromatic rings. The Bertz CT molecular complexity index is 450. The van der Waals surface area contributed by atoms with Gasteiger partial charge < -0.3 is 26.0 Å². The summed E-state index contributed by atoms with van der Waals surface area (Å²) in [7, 11) is 3.65. The summed E-state index contributed by atoms with van der Waals surface area (Å²) in [5.41, 5.74) is 5.78. The maximum absolute atomic E-state index is 12.1. The van der Waals surface area contributed by atoms with Gasteiger partial charge in [0.15, 0.2) is 5.13 Å². The highest BCUT2D eigenvalue weighted by molar-refractivity contribution is 7.18. The van der Waals surface area contributed by atoms with Crippen LogP contribution in [0.15, 0.2) is 0 Å². The molecule has 4 N–H and O–H groups in total. The maximum Gasteiger partial charge on any atom is 0.265 e. The minimum absolute atomic E-state index is 0.179. The first-order valence-electron chi connectivity index (χ1n) is 6.93. The second-order valence-electron chi connectivity index (χ2n) is 4.98. The van der Waals surface area contributed by atoms with E-state index in [0.29, 0.717) is 35.7 Å². The average molecular weight is 315 g/mol. The predicted molar refractivity (Wildman–Crippen MR) is 87.0 cm³/mol. The number of ether oxygens (including phenoxy) is 1. The number of methoxy groups -OCH3 is 1. The first kappa shape index (κ1) is 17.7. The SMILES string of the molecule is COCCNc1nc(N)c(C(=O)NCCN(C)C(C)C)s1. The highest BCUT2D eigenvalue weighted by Gasteiger charge is 2.16. The highest BCUT2D eigenvalue weighted by Crippen LogP contribution is 2.24. The number of hydrogen-bond acceptors (Lipinski definition) is 7. The number of carbonyl (C=O) groups excluding carboxylic acids is 1. The van der Waals surface area contributed by atoms with E-state index >= 15 is 0 Å². The molecule has 0 aliphatic heterocycles. The van der Waals surface area contributed by atoms with Crippen molar-refractivity contribution in [1.82, 2.24) is 15.2 Å². The van der Waals surface area contributed by atoms with E-state index in [1.54, 1.807) is 7.11 Å². The lowest BCUT2D eigenvalue weighted by atomic mass is 10.3. The zero-order chi connectivity index (χ0) is 15.8. The van der Waals surface area contributed by atoms with E-state index in [1.807, 2.05) is 7.05 Å². The zero-order valence-corrected chi connectivity index (χ0v) is 13.9. The van der Waals surface area contributed by atoms with Gasteiger partial charge in [-0.1, -0.05) is 11.3 Å². The highest BCUT2D eigenvalue weighted by atomic mass is 32.1. The summed E-state index contributed by atoms with van der Waals surface area (Å²) in [5, 5.41) is 6.56. The third-order valence-corrected chi connectivity index (χ3v) is 4.10. The second kappa shape index (κ2) is 8.81. The minimum atomic E-state index is -0.179. The molecule has 7 nitrogen and oxygen atoms in total. The fourth-order valence-corrected chi connectivity index (χ4v) is 2.34. The normalized spacial score (nSPS) is 11.1. The van der Waals surface area contributed by atoms with Gasteiger partial charge in [0.2, 0.25) is 0 Å². The molecule has 0 unspecified atom stereocenters.